The molecule has 1 saturated heterocycles. The fraction of sp³-hybridized carbons (Fsp3) is 0.412. The summed E-state index contributed by atoms with van der Waals surface area (Å²) in [6.07, 6.45) is 12.4. The Labute approximate surface area is 111 Å². The summed E-state index contributed by atoms with van der Waals surface area (Å²) in [6, 6.07) is 8.68. The van der Waals surface area contributed by atoms with Crippen molar-refractivity contribution in [2.45, 2.75) is 19.8 Å². The van der Waals surface area contributed by atoms with Crippen LogP contribution in [-0.2, 0) is 0 Å². The van der Waals surface area contributed by atoms with Gasteiger partial charge in [0.2, 0.25) is 0 Å². The maximum Gasteiger partial charge on any atom is 0.0598 e. The maximum atomic E-state index is 5.34. The van der Waals surface area contributed by atoms with E-state index in [4.69, 9.17) is 6.42 Å². The summed E-state index contributed by atoms with van der Waals surface area (Å²) < 4.78 is 0. The van der Waals surface area contributed by atoms with E-state index in [1.54, 1.807) is 0 Å². The Bertz CT molecular complexity index is 428. The summed E-state index contributed by atoms with van der Waals surface area (Å²) in [6.45, 7) is 5.18. The quantitative estimate of drug-likeness (QED) is 0.731. The molecule has 0 unspecified atom stereocenters. The summed E-state index contributed by atoms with van der Waals surface area (Å²) in [5.41, 5.74) is 2.61. The molecule has 1 aliphatic heterocycles. The largest absolute Gasteiger partial charge is 0.292 e. The number of piperidine rings is 1. The molecular formula is C17H21N. The zero-order valence-electron chi connectivity index (χ0n) is 11.1. The number of rotatable bonds is 3. The molecule has 0 amide bonds. The van der Waals surface area contributed by atoms with Crippen LogP contribution in [0.4, 0.5) is 0 Å². The summed E-state index contributed by atoms with van der Waals surface area (Å²) in [4.78, 5) is 2.36. The van der Waals surface area contributed by atoms with Gasteiger partial charge in [0.25, 0.3) is 0 Å². The predicted molar refractivity (Wildman–Crippen MR) is 78.2 cm³/mol. The maximum absolute atomic E-state index is 5.34. The number of nitrogens with zero attached hydrogens (tertiary/aromatic N) is 1. The van der Waals surface area contributed by atoms with Gasteiger partial charge < -0.3 is 0 Å². The summed E-state index contributed by atoms with van der Waals surface area (Å²) in [5, 5.41) is 0. The highest BCUT2D eigenvalue weighted by Gasteiger charge is 2.15. The minimum absolute atomic E-state index is 0.709. The summed E-state index contributed by atoms with van der Waals surface area (Å²) in [5.74, 6) is 3.43. The van der Waals surface area contributed by atoms with Crippen LogP contribution in [0.2, 0.25) is 0 Å². The Morgan fingerprint density at radius 1 is 1.28 bits per heavy atom. The van der Waals surface area contributed by atoms with Gasteiger partial charge in [-0.05, 0) is 44.3 Å². The van der Waals surface area contributed by atoms with Crippen LogP contribution >= 0.6 is 0 Å². The average Bonchev–Trinajstić information content (AvgIpc) is 2.40. The summed E-state index contributed by atoms with van der Waals surface area (Å²) >= 11 is 0. The molecule has 0 radical (unpaired) electrons. The van der Waals surface area contributed by atoms with Crippen molar-refractivity contribution < 1.29 is 0 Å². The first-order valence-electron chi connectivity index (χ1n) is 6.68. The van der Waals surface area contributed by atoms with Gasteiger partial charge in [0.15, 0.2) is 0 Å². The van der Waals surface area contributed by atoms with Crippen molar-refractivity contribution in [1.29, 1.82) is 0 Å². The molecule has 1 fully saturated rings. The molecule has 1 nitrogen and oxygen atoms in total. The van der Waals surface area contributed by atoms with Gasteiger partial charge in [0, 0.05) is 0 Å². The van der Waals surface area contributed by atoms with Gasteiger partial charge in [-0.3, -0.25) is 4.90 Å². The molecule has 0 saturated carbocycles. The molecule has 94 valence electrons. The molecule has 1 aromatic rings. The van der Waals surface area contributed by atoms with E-state index in [0.717, 1.165) is 19.6 Å². The zero-order chi connectivity index (χ0) is 12.8. The lowest BCUT2D eigenvalue weighted by Gasteiger charge is -2.28. The Kier molecular flexibility index (Phi) is 4.61. The van der Waals surface area contributed by atoms with Crippen molar-refractivity contribution in [2.75, 3.05) is 19.6 Å². The second-order valence-electron chi connectivity index (χ2n) is 5.09. The van der Waals surface area contributed by atoms with E-state index in [1.807, 2.05) is 0 Å². The van der Waals surface area contributed by atoms with E-state index in [-0.39, 0.29) is 0 Å². The Hall–Kier alpha value is -1.52. The minimum Gasteiger partial charge on any atom is -0.292 e. The molecule has 0 spiro atoms. The highest BCUT2D eigenvalue weighted by molar-refractivity contribution is 5.49. The first-order valence-corrected chi connectivity index (χ1v) is 6.68. The standard InChI is InChI=1S/C17H21N/c1-3-12-18-13-10-17(11-14-18)9-8-16-6-4-15(2)5-7-16/h1,4-9,17H,10-14H2,2H3/b9-8-. The zero-order valence-corrected chi connectivity index (χ0v) is 11.1. The van der Waals surface area contributed by atoms with Gasteiger partial charge in [-0.2, -0.15) is 0 Å². The highest BCUT2D eigenvalue weighted by atomic mass is 15.1. The van der Waals surface area contributed by atoms with Crippen molar-refractivity contribution in [3.63, 3.8) is 0 Å². The van der Waals surface area contributed by atoms with E-state index < -0.39 is 0 Å². The molecule has 1 heterocycles. The molecular weight excluding hydrogens is 218 g/mol. The number of hydrogen-bond donors (Lipinski definition) is 0. The fourth-order valence-electron chi connectivity index (χ4n) is 2.36. The lowest BCUT2D eigenvalue weighted by Crippen LogP contribution is -2.33. The van der Waals surface area contributed by atoms with Crippen LogP contribution in [0.25, 0.3) is 6.08 Å². The Morgan fingerprint density at radius 3 is 2.56 bits per heavy atom. The number of aryl methyl sites for hydroxylation is 1. The summed E-state index contributed by atoms with van der Waals surface area (Å²) in [7, 11) is 0. The van der Waals surface area contributed by atoms with Crippen LogP contribution in [0, 0.1) is 25.2 Å². The Balaban J connectivity index is 1.84. The lowest BCUT2D eigenvalue weighted by molar-refractivity contribution is 0.226. The van der Waals surface area contributed by atoms with Crippen molar-refractivity contribution in [3.05, 3.63) is 41.5 Å². The molecule has 0 atom stereocenters. The van der Waals surface area contributed by atoms with Crippen molar-refractivity contribution in [2.24, 2.45) is 5.92 Å². The van der Waals surface area contributed by atoms with E-state index in [9.17, 15) is 0 Å². The smallest absolute Gasteiger partial charge is 0.0598 e. The minimum atomic E-state index is 0.709. The van der Waals surface area contributed by atoms with Crippen LogP contribution in [0.15, 0.2) is 30.3 Å². The third-order valence-corrected chi connectivity index (χ3v) is 3.59. The fourth-order valence-corrected chi connectivity index (χ4v) is 2.36. The number of hydrogen-bond acceptors (Lipinski definition) is 1. The van der Waals surface area contributed by atoms with Crippen molar-refractivity contribution in [1.82, 2.24) is 4.90 Å². The van der Waals surface area contributed by atoms with E-state index >= 15 is 0 Å². The van der Waals surface area contributed by atoms with E-state index in [2.05, 4.69) is 54.2 Å². The van der Waals surface area contributed by atoms with Gasteiger partial charge in [-0.25, -0.2) is 0 Å². The molecule has 1 aliphatic rings. The van der Waals surface area contributed by atoms with Gasteiger partial charge in [0.1, 0.15) is 0 Å². The van der Waals surface area contributed by atoms with Crippen LogP contribution in [0.1, 0.15) is 24.0 Å². The van der Waals surface area contributed by atoms with E-state index in [0.29, 0.717) is 5.92 Å². The van der Waals surface area contributed by atoms with Crippen LogP contribution in [0.5, 0.6) is 0 Å². The van der Waals surface area contributed by atoms with Crippen LogP contribution < -0.4 is 0 Å². The topological polar surface area (TPSA) is 3.24 Å². The number of allylic oxidation sites excluding steroid dienone is 1. The molecule has 0 aromatic heterocycles. The number of terminal acetylenes is 1. The van der Waals surface area contributed by atoms with Gasteiger partial charge in [-0.15, -0.1) is 6.42 Å². The molecule has 1 aromatic carbocycles. The van der Waals surface area contributed by atoms with Crippen molar-refractivity contribution in [3.8, 4) is 12.3 Å². The third kappa shape index (κ3) is 3.75. The van der Waals surface area contributed by atoms with Crippen LogP contribution in [0.3, 0.4) is 0 Å². The molecule has 0 aliphatic carbocycles. The first kappa shape index (κ1) is 12.9. The highest BCUT2D eigenvalue weighted by Crippen LogP contribution is 2.19. The molecule has 0 N–H and O–H groups in total. The Morgan fingerprint density at radius 2 is 1.94 bits per heavy atom. The molecule has 0 bridgehead atoms. The molecule has 18 heavy (non-hydrogen) atoms. The number of likely N-dealkylation sites (tertiary alicyclic amines) is 1. The predicted octanol–water partition coefficient (Wildman–Crippen LogP) is 3.35. The van der Waals surface area contributed by atoms with Gasteiger partial charge >= 0.3 is 0 Å². The SMILES string of the molecule is C#CCN1CCC(/C=C\c2ccc(C)cc2)CC1. The first-order chi connectivity index (χ1) is 8.78. The van der Waals surface area contributed by atoms with E-state index in [1.165, 1.54) is 24.0 Å². The van der Waals surface area contributed by atoms with Gasteiger partial charge in [-0.1, -0.05) is 47.9 Å². The third-order valence-electron chi connectivity index (χ3n) is 3.59. The number of benzene rings is 1. The average molecular weight is 239 g/mol. The van der Waals surface area contributed by atoms with Gasteiger partial charge in [0.05, 0.1) is 6.54 Å². The second-order valence-corrected chi connectivity index (χ2v) is 5.09. The molecule has 1 heteroatoms. The molecule has 2 rings (SSSR count). The van der Waals surface area contributed by atoms with Crippen molar-refractivity contribution >= 4 is 6.08 Å². The normalized spacial score (nSPS) is 18.0. The second kappa shape index (κ2) is 6.42. The van der Waals surface area contributed by atoms with Crippen LogP contribution in [-0.4, -0.2) is 24.5 Å². The monoisotopic (exact) mass is 239 g/mol. The lowest BCUT2D eigenvalue weighted by atomic mass is 9.95.